The molecule has 0 aliphatic rings. The van der Waals surface area contributed by atoms with Gasteiger partial charge in [-0.3, -0.25) is 0 Å². The number of para-hydroxylation sites is 1. The predicted molar refractivity (Wildman–Crippen MR) is 84.7 cm³/mol. The van der Waals surface area contributed by atoms with Gasteiger partial charge in [0.05, 0.1) is 0 Å². The third kappa shape index (κ3) is 3.99. The summed E-state index contributed by atoms with van der Waals surface area (Å²) in [6.45, 7) is 4.29. The normalized spacial score (nSPS) is 12.9. The topological polar surface area (TPSA) is 43.4 Å². The van der Waals surface area contributed by atoms with Crippen LogP contribution in [0.3, 0.4) is 0 Å². The molecule has 0 saturated carbocycles. The fraction of sp³-hybridized carbons (Fsp3) is 0.250. The minimum Gasteiger partial charge on any atom is -0.456 e. The maximum absolute atomic E-state index is 11.5. The minimum atomic E-state index is -3.83. The zero-order valence-electron chi connectivity index (χ0n) is 11.9. The minimum absolute atomic E-state index is 0.0299. The summed E-state index contributed by atoms with van der Waals surface area (Å²) in [5.74, 6) is 1.29. The van der Waals surface area contributed by atoms with Crippen molar-refractivity contribution in [2.45, 2.75) is 31.1 Å². The summed E-state index contributed by atoms with van der Waals surface area (Å²) in [6.07, 6.45) is 1.06. The number of ether oxygens (including phenoxy) is 1. The van der Waals surface area contributed by atoms with E-state index in [1.54, 1.807) is 18.2 Å². The van der Waals surface area contributed by atoms with E-state index in [0.717, 1.165) is 6.42 Å². The number of hydrogen-bond donors (Lipinski definition) is 0. The van der Waals surface area contributed by atoms with Gasteiger partial charge in [0.25, 0.3) is 9.05 Å². The molecule has 0 aliphatic heterocycles. The van der Waals surface area contributed by atoms with Crippen LogP contribution in [0.25, 0.3) is 0 Å². The number of benzene rings is 2. The Labute approximate surface area is 129 Å². The third-order valence-corrected chi connectivity index (χ3v) is 4.76. The van der Waals surface area contributed by atoms with Crippen molar-refractivity contribution in [2.24, 2.45) is 0 Å². The summed E-state index contributed by atoms with van der Waals surface area (Å²) in [6, 6.07) is 14.0. The molecule has 1 unspecified atom stereocenters. The van der Waals surface area contributed by atoms with Crippen molar-refractivity contribution in [1.82, 2.24) is 0 Å². The van der Waals surface area contributed by atoms with Crippen molar-refractivity contribution in [1.29, 1.82) is 0 Å². The number of rotatable bonds is 5. The smallest absolute Gasteiger partial charge is 0.265 e. The second-order valence-corrected chi connectivity index (χ2v) is 7.40. The molecule has 0 fully saturated rings. The van der Waals surface area contributed by atoms with Gasteiger partial charge in [0.1, 0.15) is 16.4 Å². The van der Waals surface area contributed by atoms with E-state index in [-0.39, 0.29) is 10.6 Å². The van der Waals surface area contributed by atoms with E-state index in [0.29, 0.717) is 11.7 Å². The molecule has 0 heterocycles. The highest BCUT2D eigenvalue weighted by molar-refractivity contribution is 8.13. The van der Waals surface area contributed by atoms with Crippen LogP contribution in [0.2, 0.25) is 0 Å². The lowest BCUT2D eigenvalue weighted by Gasteiger charge is -2.12. The summed E-state index contributed by atoms with van der Waals surface area (Å²) in [5.41, 5.74) is 1.23. The van der Waals surface area contributed by atoms with Crippen LogP contribution in [0.15, 0.2) is 53.4 Å². The molecule has 0 amide bonds. The largest absolute Gasteiger partial charge is 0.456 e. The molecule has 5 heteroatoms. The van der Waals surface area contributed by atoms with Crippen LogP contribution in [0.1, 0.15) is 31.7 Å². The molecule has 0 saturated heterocycles. The van der Waals surface area contributed by atoms with Gasteiger partial charge in [0, 0.05) is 10.7 Å². The highest BCUT2D eigenvalue weighted by Gasteiger charge is 2.16. The Morgan fingerprint density at radius 3 is 2.29 bits per heavy atom. The molecule has 21 heavy (non-hydrogen) atoms. The monoisotopic (exact) mass is 324 g/mol. The number of halogens is 1. The lowest BCUT2D eigenvalue weighted by atomic mass is 9.99. The van der Waals surface area contributed by atoms with Gasteiger partial charge in [0.15, 0.2) is 0 Å². The first kappa shape index (κ1) is 15.9. The molecule has 2 rings (SSSR count). The van der Waals surface area contributed by atoms with Crippen LogP contribution in [-0.2, 0) is 9.05 Å². The van der Waals surface area contributed by atoms with Crippen molar-refractivity contribution < 1.29 is 13.2 Å². The van der Waals surface area contributed by atoms with Gasteiger partial charge in [-0.25, -0.2) is 8.42 Å². The highest BCUT2D eigenvalue weighted by atomic mass is 35.7. The van der Waals surface area contributed by atoms with Crippen LogP contribution < -0.4 is 4.74 Å². The van der Waals surface area contributed by atoms with E-state index in [1.807, 2.05) is 24.3 Å². The lowest BCUT2D eigenvalue weighted by molar-refractivity contribution is 0.468. The number of hydrogen-bond acceptors (Lipinski definition) is 3. The van der Waals surface area contributed by atoms with E-state index >= 15 is 0 Å². The zero-order chi connectivity index (χ0) is 15.5. The quantitative estimate of drug-likeness (QED) is 0.733. The zero-order valence-corrected chi connectivity index (χ0v) is 13.5. The summed E-state index contributed by atoms with van der Waals surface area (Å²) in [4.78, 5) is -0.0299. The first-order valence-corrected chi connectivity index (χ1v) is 9.04. The SMILES string of the molecule is CCC(C)c1ccc(Oc2ccccc2S(=O)(=O)Cl)cc1. The summed E-state index contributed by atoms with van der Waals surface area (Å²) in [5, 5.41) is 0. The highest BCUT2D eigenvalue weighted by Crippen LogP contribution is 2.31. The van der Waals surface area contributed by atoms with Gasteiger partial charge >= 0.3 is 0 Å². The molecule has 0 radical (unpaired) electrons. The van der Waals surface area contributed by atoms with Gasteiger partial charge in [-0.15, -0.1) is 0 Å². The van der Waals surface area contributed by atoms with Crippen LogP contribution >= 0.6 is 10.7 Å². The average Bonchev–Trinajstić information content (AvgIpc) is 2.47. The van der Waals surface area contributed by atoms with Gasteiger partial charge < -0.3 is 4.74 Å². The predicted octanol–water partition coefficient (Wildman–Crippen LogP) is 4.92. The van der Waals surface area contributed by atoms with Gasteiger partial charge in [-0.1, -0.05) is 38.1 Å². The maximum Gasteiger partial charge on any atom is 0.265 e. The van der Waals surface area contributed by atoms with Gasteiger partial charge in [0.2, 0.25) is 0 Å². The van der Waals surface area contributed by atoms with Crippen molar-refractivity contribution in [3.05, 3.63) is 54.1 Å². The van der Waals surface area contributed by atoms with Gasteiger partial charge in [-0.05, 0) is 42.2 Å². The molecule has 0 spiro atoms. The Bertz CT molecular complexity index is 709. The first-order valence-electron chi connectivity index (χ1n) is 6.73. The van der Waals surface area contributed by atoms with Crippen LogP contribution in [-0.4, -0.2) is 8.42 Å². The van der Waals surface area contributed by atoms with E-state index in [4.69, 9.17) is 15.4 Å². The summed E-state index contributed by atoms with van der Waals surface area (Å²) < 4.78 is 28.7. The van der Waals surface area contributed by atoms with Crippen molar-refractivity contribution >= 4 is 19.7 Å². The van der Waals surface area contributed by atoms with Crippen molar-refractivity contribution in [3.8, 4) is 11.5 Å². The van der Waals surface area contributed by atoms with Crippen molar-refractivity contribution in [3.63, 3.8) is 0 Å². The molecule has 2 aromatic carbocycles. The maximum atomic E-state index is 11.5. The second-order valence-electron chi connectivity index (χ2n) is 4.86. The second kappa shape index (κ2) is 6.50. The fourth-order valence-corrected chi connectivity index (χ4v) is 2.94. The lowest BCUT2D eigenvalue weighted by Crippen LogP contribution is -1.96. The van der Waals surface area contributed by atoms with E-state index in [1.165, 1.54) is 11.6 Å². The molecular formula is C16H17ClO3S. The summed E-state index contributed by atoms with van der Waals surface area (Å²) in [7, 11) is 1.58. The molecule has 2 aromatic rings. The van der Waals surface area contributed by atoms with E-state index < -0.39 is 9.05 Å². The molecule has 1 atom stereocenters. The van der Waals surface area contributed by atoms with E-state index in [2.05, 4.69) is 13.8 Å². The Hall–Kier alpha value is -1.52. The van der Waals surface area contributed by atoms with Crippen LogP contribution in [0, 0.1) is 0 Å². The fourth-order valence-electron chi connectivity index (χ4n) is 1.96. The Morgan fingerprint density at radius 2 is 1.71 bits per heavy atom. The molecular weight excluding hydrogens is 308 g/mol. The molecule has 0 aromatic heterocycles. The van der Waals surface area contributed by atoms with Crippen LogP contribution in [0.4, 0.5) is 0 Å². The standard InChI is InChI=1S/C16H17ClO3S/c1-3-12(2)13-8-10-14(11-9-13)20-15-6-4-5-7-16(15)21(17,18)19/h4-12H,3H2,1-2H3. The van der Waals surface area contributed by atoms with Crippen molar-refractivity contribution in [2.75, 3.05) is 0 Å². The Morgan fingerprint density at radius 1 is 1.10 bits per heavy atom. The van der Waals surface area contributed by atoms with E-state index in [9.17, 15) is 8.42 Å². The molecule has 0 N–H and O–H groups in total. The first-order chi connectivity index (χ1) is 9.91. The molecule has 3 nitrogen and oxygen atoms in total. The Kier molecular flexibility index (Phi) is 4.91. The van der Waals surface area contributed by atoms with Crippen LogP contribution in [0.5, 0.6) is 11.5 Å². The molecule has 112 valence electrons. The van der Waals surface area contributed by atoms with Gasteiger partial charge in [-0.2, -0.15) is 0 Å². The summed E-state index contributed by atoms with van der Waals surface area (Å²) >= 11 is 0. The Balaban J connectivity index is 2.27. The molecule has 0 aliphatic carbocycles. The molecule has 0 bridgehead atoms. The average molecular weight is 325 g/mol. The third-order valence-electron chi connectivity index (χ3n) is 3.40.